The summed E-state index contributed by atoms with van der Waals surface area (Å²) in [5.74, 6) is -0.309. The van der Waals surface area contributed by atoms with Crippen molar-refractivity contribution >= 4 is 22.4 Å². The number of pyridine rings is 1. The summed E-state index contributed by atoms with van der Waals surface area (Å²) >= 11 is 0. The number of carbonyl (C=O) groups excluding carboxylic acids is 1. The van der Waals surface area contributed by atoms with Crippen LogP contribution in [-0.4, -0.2) is 33.1 Å². The van der Waals surface area contributed by atoms with E-state index in [1.807, 2.05) is 0 Å². The standard InChI is InChI=1S/C19H23N3O5/c1-19(2,3)18(24)27-21-10-5-6-13(21)12-20-11-9-14-15(17(20)23)7-4-8-16(14)22(25)26/h4,7-9,11,13H,5-6,10,12H2,1-3H3/t13-/m0/s1. The fourth-order valence-electron chi connectivity index (χ4n) is 3.19. The molecule has 144 valence electrons. The first-order valence-corrected chi connectivity index (χ1v) is 8.94. The molecule has 8 nitrogen and oxygen atoms in total. The molecule has 0 aliphatic carbocycles. The van der Waals surface area contributed by atoms with E-state index in [2.05, 4.69) is 0 Å². The van der Waals surface area contributed by atoms with Gasteiger partial charge in [-0.15, -0.1) is 5.06 Å². The van der Waals surface area contributed by atoms with Crippen LogP contribution in [0, 0.1) is 15.5 Å². The van der Waals surface area contributed by atoms with Gasteiger partial charge in [-0.05, 0) is 45.7 Å². The minimum atomic E-state index is -0.605. The van der Waals surface area contributed by atoms with E-state index in [4.69, 9.17) is 4.84 Å². The number of rotatable bonds is 4. The highest BCUT2D eigenvalue weighted by atomic mass is 16.7. The highest BCUT2D eigenvalue weighted by Gasteiger charge is 2.32. The number of carbonyl (C=O) groups is 1. The summed E-state index contributed by atoms with van der Waals surface area (Å²) in [6.07, 6.45) is 3.24. The Hall–Kier alpha value is -2.74. The van der Waals surface area contributed by atoms with E-state index in [0.717, 1.165) is 12.8 Å². The lowest BCUT2D eigenvalue weighted by Gasteiger charge is -2.27. The molecule has 0 saturated carbocycles. The van der Waals surface area contributed by atoms with Gasteiger partial charge in [-0.3, -0.25) is 14.9 Å². The second-order valence-corrected chi connectivity index (χ2v) is 7.83. The fraction of sp³-hybridized carbons (Fsp3) is 0.474. The van der Waals surface area contributed by atoms with Crippen LogP contribution in [0.2, 0.25) is 0 Å². The lowest BCUT2D eigenvalue weighted by atomic mass is 9.98. The van der Waals surface area contributed by atoms with E-state index < -0.39 is 10.3 Å². The molecule has 1 aliphatic rings. The molecule has 0 N–H and O–H groups in total. The molecule has 1 aliphatic heterocycles. The van der Waals surface area contributed by atoms with Crippen LogP contribution in [-0.2, 0) is 16.2 Å². The molecule has 2 aromatic rings. The molecule has 1 aromatic carbocycles. The van der Waals surface area contributed by atoms with Crippen molar-refractivity contribution < 1.29 is 14.6 Å². The lowest BCUT2D eigenvalue weighted by Crippen LogP contribution is -2.40. The summed E-state index contributed by atoms with van der Waals surface area (Å²) in [5, 5.41) is 13.4. The Labute approximate surface area is 156 Å². The highest BCUT2D eigenvalue weighted by Crippen LogP contribution is 2.25. The third-order valence-electron chi connectivity index (χ3n) is 4.74. The van der Waals surface area contributed by atoms with Gasteiger partial charge >= 0.3 is 5.97 Å². The van der Waals surface area contributed by atoms with E-state index in [9.17, 15) is 19.7 Å². The maximum atomic E-state index is 12.8. The predicted octanol–water partition coefficient (Wildman–Crippen LogP) is 2.88. The number of nitro groups is 1. The van der Waals surface area contributed by atoms with Gasteiger partial charge in [0.1, 0.15) is 0 Å². The van der Waals surface area contributed by atoms with E-state index in [0.29, 0.717) is 23.9 Å². The molecule has 0 spiro atoms. The largest absolute Gasteiger partial charge is 0.367 e. The van der Waals surface area contributed by atoms with Gasteiger partial charge in [0.2, 0.25) is 0 Å². The predicted molar refractivity (Wildman–Crippen MR) is 100 cm³/mol. The van der Waals surface area contributed by atoms with Crippen LogP contribution >= 0.6 is 0 Å². The van der Waals surface area contributed by atoms with E-state index in [-0.39, 0.29) is 23.3 Å². The van der Waals surface area contributed by atoms with E-state index in [1.54, 1.807) is 44.2 Å². The minimum Gasteiger partial charge on any atom is -0.367 e. The number of hydrogen-bond acceptors (Lipinski definition) is 6. The maximum Gasteiger partial charge on any atom is 0.330 e. The van der Waals surface area contributed by atoms with Crippen molar-refractivity contribution in [1.82, 2.24) is 9.63 Å². The average Bonchev–Trinajstić information content (AvgIpc) is 3.03. The first kappa shape index (κ1) is 19.0. The lowest BCUT2D eigenvalue weighted by molar-refractivity contribution is -0.383. The monoisotopic (exact) mass is 373 g/mol. The number of nitro benzene ring substituents is 1. The quantitative estimate of drug-likeness (QED) is 0.604. The van der Waals surface area contributed by atoms with Gasteiger partial charge in [-0.25, -0.2) is 4.79 Å². The van der Waals surface area contributed by atoms with Crippen molar-refractivity contribution in [2.45, 2.75) is 46.2 Å². The molecule has 2 heterocycles. The van der Waals surface area contributed by atoms with Crippen molar-refractivity contribution in [2.75, 3.05) is 6.54 Å². The normalized spacial score (nSPS) is 18.0. The Morgan fingerprint density at radius 2 is 2.04 bits per heavy atom. The zero-order valence-electron chi connectivity index (χ0n) is 15.7. The third kappa shape index (κ3) is 3.85. The molecule has 1 fully saturated rings. The van der Waals surface area contributed by atoms with Crippen LogP contribution in [0.25, 0.3) is 10.8 Å². The summed E-state index contributed by atoms with van der Waals surface area (Å²) in [7, 11) is 0. The van der Waals surface area contributed by atoms with Gasteiger partial charge < -0.3 is 9.40 Å². The molecule has 0 radical (unpaired) electrons. The second kappa shape index (κ2) is 7.11. The zero-order chi connectivity index (χ0) is 19.8. The van der Waals surface area contributed by atoms with E-state index >= 15 is 0 Å². The summed E-state index contributed by atoms with van der Waals surface area (Å²) in [5.41, 5.74) is -0.977. The van der Waals surface area contributed by atoms with Crippen LogP contribution in [0.15, 0.2) is 35.3 Å². The number of aromatic nitrogens is 1. The van der Waals surface area contributed by atoms with Crippen molar-refractivity contribution in [3.63, 3.8) is 0 Å². The van der Waals surface area contributed by atoms with Gasteiger partial charge in [0.15, 0.2) is 0 Å². The number of hydroxylamine groups is 2. The number of fused-ring (bicyclic) bond motifs is 1. The minimum absolute atomic E-state index is 0.0849. The van der Waals surface area contributed by atoms with Crippen molar-refractivity contribution in [3.8, 4) is 0 Å². The molecule has 1 atom stereocenters. The molecule has 27 heavy (non-hydrogen) atoms. The summed E-state index contributed by atoms with van der Waals surface area (Å²) < 4.78 is 1.53. The number of nitrogens with zero attached hydrogens (tertiary/aromatic N) is 3. The molecule has 0 unspecified atom stereocenters. The van der Waals surface area contributed by atoms with Gasteiger partial charge in [0.05, 0.1) is 27.2 Å². The van der Waals surface area contributed by atoms with Crippen LogP contribution in [0.3, 0.4) is 0 Å². The summed E-state index contributed by atoms with van der Waals surface area (Å²) in [4.78, 5) is 41.2. The van der Waals surface area contributed by atoms with Crippen LogP contribution < -0.4 is 5.56 Å². The molecule has 8 heteroatoms. The maximum absolute atomic E-state index is 12.8. The Morgan fingerprint density at radius 1 is 1.30 bits per heavy atom. The first-order chi connectivity index (χ1) is 12.7. The van der Waals surface area contributed by atoms with Gasteiger partial charge in [-0.1, -0.05) is 6.07 Å². The van der Waals surface area contributed by atoms with Gasteiger partial charge in [0.25, 0.3) is 11.2 Å². The number of benzene rings is 1. The third-order valence-corrected chi connectivity index (χ3v) is 4.74. The Balaban J connectivity index is 1.86. The molecule has 0 amide bonds. The van der Waals surface area contributed by atoms with Crippen LogP contribution in [0.5, 0.6) is 0 Å². The fourth-order valence-corrected chi connectivity index (χ4v) is 3.19. The molecular weight excluding hydrogens is 350 g/mol. The first-order valence-electron chi connectivity index (χ1n) is 8.94. The molecule has 3 rings (SSSR count). The van der Waals surface area contributed by atoms with Crippen molar-refractivity contribution in [3.05, 3.63) is 50.9 Å². The number of hydrogen-bond donors (Lipinski definition) is 0. The SMILES string of the molecule is CC(C)(C)C(=O)ON1CCC[C@H]1Cn1ccc2c([N+](=O)[O-])cccc2c1=O. The Bertz CT molecular complexity index is 944. The van der Waals surface area contributed by atoms with Crippen molar-refractivity contribution in [2.24, 2.45) is 5.41 Å². The second-order valence-electron chi connectivity index (χ2n) is 7.83. The van der Waals surface area contributed by atoms with Crippen LogP contribution in [0.4, 0.5) is 5.69 Å². The van der Waals surface area contributed by atoms with Crippen molar-refractivity contribution in [1.29, 1.82) is 0 Å². The molecule has 0 bridgehead atoms. The molecule has 1 saturated heterocycles. The number of non-ortho nitro benzene ring substituents is 1. The van der Waals surface area contributed by atoms with Gasteiger partial charge in [-0.2, -0.15) is 0 Å². The smallest absolute Gasteiger partial charge is 0.330 e. The summed E-state index contributed by atoms with van der Waals surface area (Å²) in [6.45, 7) is 6.36. The Kier molecular flexibility index (Phi) is 5.01. The van der Waals surface area contributed by atoms with E-state index in [1.165, 1.54) is 16.7 Å². The Morgan fingerprint density at radius 3 is 2.70 bits per heavy atom. The van der Waals surface area contributed by atoms with Gasteiger partial charge in [0, 0.05) is 25.4 Å². The average molecular weight is 373 g/mol. The topological polar surface area (TPSA) is 94.7 Å². The summed E-state index contributed by atoms with van der Waals surface area (Å²) in [6, 6.07) is 5.98. The molecule has 1 aromatic heterocycles. The van der Waals surface area contributed by atoms with Crippen LogP contribution in [0.1, 0.15) is 33.6 Å². The zero-order valence-corrected chi connectivity index (χ0v) is 15.7. The highest BCUT2D eigenvalue weighted by molar-refractivity contribution is 5.89. The molecular formula is C19H23N3O5.